The number of para-hydroxylation sites is 3. The molecule has 4 N–H and O–H groups in total. The number of aromatic amines is 1. The van der Waals surface area contributed by atoms with Crippen LogP contribution in [0.3, 0.4) is 0 Å². The minimum absolute atomic E-state index is 0.0401. The lowest BCUT2D eigenvalue weighted by atomic mass is 10.2. The first kappa shape index (κ1) is 34.8. The van der Waals surface area contributed by atoms with Gasteiger partial charge in [0.25, 0.3) is 0 Å². The summed E-state index contributed by atoms with van der Waals surface area (Å²) >= 11 is 16.3. The molecule has 2 heterocycles. The molecule has 2 amide bonds. The van der Waals surface area contributed by atoms with Gasteiger partial charge in [0.1, 0.15) is 0 Å². The Bertz CT molecular complexity index is 1770. The van der Waals surface area contributed by atoms with E-state index in [2.05, 4.69) is 85.8 Å². The maximum absolute atomic E-state index is 12.0. The molecule has 0 saturated carbocycles. The molecule has 232 valence electrons. The Balaban J connectivity index is 0.000000169. The van der Waals surface area contributed by atoms with E-state index in [0.717, 1.165) is 59.0 Å². The Labute approximate surface area is 297 Å². The number of amides is 2. The number of hydrogen-bond donors (Lipinski definition) is 4. The van der Waals surface area contributed by atoms with Crippen LogP contribution in [-0.4, -0.2) is 37.9 Å². The van der Waals surface area contributed by atoms with Crippen molar-refractivity contribution in [2.75, 3.05) is 27.0 Å². The molecule has 0 radical (unpaired) electrons. The lowest BCUT2D eigenvalue weighted by Crippen LogP contribution is -2.14. The summed E-state index contributed by atoms with van der Waals surface area (Å²) in [7, 11) is 0. The van der Waals surface area contributed by atoms with Crippen LogP contribution in [0.25, 0.3) is 11.0 Å². The number of thioether (sulfide) groups is 1. The number of aromatic nitrogens is 2. The fraction of sp³-hybridized carbons (Fsp3) is 0.152. The van der Waals surface area contributed by atoms with Crippen molar-refractivity contribution < 1.29 is 9.59 Å². The minimum Gasteiger partial charge on any atom is -0.350 e. The number of benzene rings is 4. The molecule has 0 saturated heterocycles. The predicted molar refractivity (Wildman–Crippen MR) is 202 cm³/mol. The van der Waals surface area contributed by atoms with E-state index in [1.54, 1.807) is 0 Å². The van der Waals surface area contributed by atoms with E-state index in [9.17, 15) is 9.59 Å². The monoisotopic (exact) mass is 829 g/mol. The number of nitrogens with zero attached hydrogens (tertiary/aromatic N) is 1. The number of thiocarbonyl (C=S) groups is 1. The quantitative estimate of drug-likeness (QED) is 0.0774. The molecule has 1 aliphatic rings. The highest BCUT2D eigenvalue weighted by molar-refractivity contribution is 9.11. The van der Waals surface area contributed by atoms with Crippen LogP contribution in [0.1, 0.15) is 16.7 Å². The van der Waals surface area contributed by atoms with Gasteiger partial charge in [0.05, 0.1) is 27.1 Å². The Morgan fingerprint density at radius 2 is 1.47 bits per heavy atom. The van der Waals surface area contributed by atoms with E-state index < -0.39 is 0 Å². The van der Waals surface area contributed by atoms with Gasteiger partial charge in [-0.1, -0.05) is 102 Å². The zero-order valence-corrected chi connectivity index (χ0v) is 30.8. The first-order chi connectivity index (χ1) is 21.6. The van der Waals surface area contributed by atoms with Crippen LogP contribution in [0.4, 0.5) is 17.1 Å². The SMILES string of the molecule is Cc1cc(NC(=O)CBr)ccc1Br.Cc1cc(NC(=O)CSc2nc3ccccc3[nH]2)ccc1Br.S=C1Cc2ccccc2N1. The number of imidazole rings is 1. The Morgan fingerprint density at radius 1 is 0.867 bits per heavy atom. The summed E-state index contributed by atoms with van der Waals surface area (Å²) in [5, 5.41) is 9.85. The number of H-pyrrole nitrogens is 1. The molecule has 0 atom stereocenters. The first-order valence-corrected chi connectivity index (χ1v) is 17.8. The highest BCUT2D eigenvalue weighted by atomic mass is 79.9. The van der Waals surface area contributed by atoms with Gasteiger partial charge in [-0.2, -0.15) is 0 Å². The number of halogens is 3. The molecule has 7 nitrogen and oxygen atoms in total. The zero-order chi connectivity index (χ0) is 32.3. The molecule has 0 spiro atoms. The highest BCUT2D eigenvalue weighted by Crippen LogP contribution is 2.23. The normalized spacial score (nSPS) is 11.4. The van der Waals surface area contributed by atoms with Crippen molar-refractivity contribution in [3.63, 3.8) is 0 Å². The maximum Gasteiger partial charge on any atom is 0.235 e. The van der Waals surface area contributed by atoms with Gasteiger partial charge in [0.15, 0.2) is 5.16 Å². The van der Waals surface area contributed by atoms with Crippen LogP contribution in [0, 0.1) is 13.8 Å². The molecule has 0 bridgehead atoms. The minimum atomic E-state index is -0.0489. The third-order valence-corrected chi connectivity index (χ3v) is 9.76. The number of fused-ring (bicyclic) bond motifs is 2. The number of anilines is 3. The van der Waals surface area contributed by atoms with Crippen LogP contribution in [-0.2, 0) is 16.0 Å². The van der Waals surface area contributed by atoms with Gasteiger partial charge in [-0.3, -0.25) is 9.59 Å². The summed E-state index contributed by atoms with van der Waals surface area (Å²) in [6.07, 6.45) is 0.908. The van der Waals surface area contributed by atoms with Gasteiger partial charge < -0.3 is 20.9 Å². The van der Waals surface area contributed by atoms with Gasteiger partial charge in [-0.05, 0) is 85.1 Å². The molecule has 45 heavy (non-hydrogen) atoms. The second-order valence-corrected chi connectivity index (χ2v) is 13.6. The van der Waals surface area contributed by atoms with Crippen molar-refractivity contribution in [3.05, 3.63) is 111 Å². The second-order valence-electron chi connectivity index (χ2n) is 9.89. The van der Waals surface area contributed by atoms with Crippen molar-refractivity contribution in [1.82, 2.24) is 9.97 Å². The first-order valence-electron chi connectivity index (χ1n) is 13.7. The average molecular weight is 832 g/mol. The molecule has 0 unspecified atom stereocenters. The van der Waals surface area contributed by atoms with Crippen molar-refractivity contribution in [2.45, 2.75) is 25.4 Å². The van der Waals surface area contributed by atoms with Gasteiger partial charge in [-0.15, -0.1) is 0 Å². The van der Waals surface area contributed by atoms with Gasteiger partial charge in [0, 0.05) is 32.4 Å². The summed E-state index contributed by atoms with van der Waals surface area (Å²) in [5.41, 5.74) is 8.19. The summed E-state index contributed by atoms with van der Waals surface area (Å²) in [5.74, 6) is 0.225. The Hall–Kier alpha value is -3.03. The van der Waals surface area contributed by atoms with E-state index in [4.69, 9.17) is 12.2 Å². The molecular weight excluding hydrogens is 802 g/mol. The van der Waals surface area contributed by atoms with E-state index in [0.29, 0.717) is 11.1 Å². The Kier molecular flexibility index (Phi) is 13.2. The van der Waals surface area contributed by atoms with Gasteiger partial charge in [-0.25, -0.2) is 4.98 Å². The summed E-state index contributed by atoms with van der Waals surface area (Å²) in [6, 6.07) is 27.5. The second kappa shape index (κ2) is 17.0. The summed E-state index contributed by atoms with van der Waals surface area (Å²) < 4.78 is 2.08. The largest absolute Gasteiger partial charge is 0.350 e. The van der Waals surface area contributed by atoms with Crippen molar-refractivity contribution in [3.8, 4) is 0 Å². The summed E-state index contributed by atoms with van der Waals surface area (Å²) in [4.78, 5) is 31.6. The molecule has 6 rings (SSSR count). The fourth-order valence-corrected chi connectivity index (χ4v) is 5.72. The lowest BCUT2D eigenvalue weighted by Gasteiger charge is -2.06. The molecule has 0 fully saturated rings. The molecule has 1 aromatic heterocycles. The van der Waals surface area contributed by atoms with Crippen LogP contribution in [0.2, 0.25) is 0 Å². The van der Waals surface area contributed by atoms with E-state index >= 15 is 0 Å². The molecule has 5 aromatic rings. The molecule has 1 aliphatic heterocycles. The third-order valence-electron chi connectivity index (χ3n) is 6.35. The van der Waals surface area contributed by atoms with Crippen LogP contribution in [0.5, 0.6) is 0 Å². The van der Waals surface area contributed by atoms with Crippen LogP contribution in [0.15, 0.2) is 99.0 Å². The van der Waals surface area contributed by atoms with Crippen molar-refractivity contribution in [1.29, 1.82) is 0 Å². The molecule has 12 heteroatoms. The van der Waals surface area contributed by atoms with Gasteiger partial charge >= 0.3 is 0 Å². The van der Waals surface area contributed by atoms with E-state index in [1.165, 1.54) is 23.0 Å². The standard InChI is InChI=1S/C16H14BrN3OS.C9H9Br2NO.C8H7NS/c1-10-8-11(6-7-12(10)17)18-15(21)9-22-16-19-13-4-2-3-5-14(13)20-16;1-6-4-7(2-3-8(6)11)12-9(13)5-10;10-8-5-6-3-1-2-4-7(6)9-8/h2-8H,9H2,1H3,(H,18,21)(H,19,20);2-4H,5H2,1H3,(H,12,13);1-4H,5H2,(H,9,10). The Morgan fingerprint density at radius 3 is 2.07 bits per heavy atom. The van der Waals surface area contributed by atoms with Crippen molar-refractivity contribution >= 4 is 117 Å². The van der Waals surface area contributed by atoms with Crippen LogP contribution >= 0.6 is 71.8 Å². The number of aryl methyl sites for hydroxylation is 2. The highest BCUT2D eigenvalue weighted by Gasteiger charge is 2.12. The van der Waals surface area contributed by atoms with Crippen LogP contribution < -0.4 is 16.0 Å². The van der Waals surface area contributed by atoms with E-state index in [1.807, 2.05) is 86.6 Å². The molecule has 0 aliphatic carbocycles. The zero-order valence-electron chi connectivity index (χ0n) is 24.4. The number of carbonyl (C=O) groups is 2. The summed E-state index contributed by atoms with van der Waals surface area (Å²) in [6.45, 7) is 3.97. The smallest absolute Gasteiger partial charge is 0.235 e. The predicted octanol–water partition coefficient (Wildman–Crippen LogP) is 9.44. The number of alkyl halides is 1. The third kappa shape index (κ3) is 10.8. The molecule has 4 aromatic carbocycles. The average Bonchev–Trinajstić information content (AvgIpc) is 3.62. The topological polar surface area (TPSA) is 98.9 Å². The van der Waals surface area contributed by atoms with E-state index in [-0.39, 0.29) is 11.8 Å². The number of hydrogen-bond acceptors (Lipinski definition) is 5. The lowest BCUT2D eigenvalue weighted by molar-refractivity contribution is -0.114. The number of rotatable bonds is 6. The molecular formula is C33H30Br3N5O2S2. The fourth-order valence-electron chi connectivity index (χ4n) is 4.13. The van der Waals surface area contributed by atoms with Crippen molar-refractivity contribution in [2.24, 2.45) is 0 Å². The maximum atomic E-state index is 12.0. The van der Waals surface area contributed by atoms with Gasteiger partial charge in [0.2, 0.25) is 11.8 Å². The number of nitrogens with one attached hydrogen (secondary N) is 4. The number of carbonyl (C=O) groups excluding carboxylic acids is 2.